The molecule has 0 spiro atoms. The highest BCUT2D eigenvalue weighted by Gasteiger charge is 2.42. The Hall–Kier alpha value is -2.38. The van der Waals surface area contributed by atoms with Crippen LogP contribution in [0.15, 0.2) is 48.5 Å². The molecule has 138 valence electrons. The zero-order valence-electron chi connectivity index (χ0n) is 14.7. The molecule has 0 aliphatic carbocycles. The molecule has 3 rings (SSSR count). The SMILES string of the molecule is COC(=O)C1CCS(=O)(=O)N1Cc1ccc(-c2ccc(OC)cc2)cc1. The summed E-state index contributed by atoms with van der Waals surface area (Å²) in [6, 6.07) is 14.6. The molecule has 0 amide bonds. The molecule has 2 aromatic rings. The molecule has 0 aromatic heterocycles. The van der Waals surface area contributed by atoms with Crippen LogP contribution in [0.25, 0.3) is 11.1 Å². The summed E-state index contributed by atoms with van der Waals surface area (Å²) in [6.07, 6.45) is 0.263. The molecule has 1 saturated heterocycles. The number of rotatable bonds is 5. The Morgan fingerprint density at radius 1 is 1.04 bits per heavy atom. The van der Waals surface area contributed by atoms with Gasteiger partial charge in [-0.1, -0.05) is 36.4 Å². The predicted molar refractivity (Wildman–Crippen MR) is 98.2 cm³/mol. The van der Waals surface area contributed by atoms with Crippen LogP contribution in [0.4, 0.5) is 0 Å². The smallest absolute Gasteiger partial charge is 0.324 e. The Labute approximate surface area is 153 Å². The number of hydrogen-bond donors (Lipinski definition) is 0. The Morgan fingerprint density at radius 2 is 1.62 bits per heavy atom. The second-order valence-electron chi connectivity index (χ2n) is 6.11. The average Bonchev–Trinajstić information content (AvgIpc) is 2.96. The van der Waals surface area contributed by atoms with Crippen LogP contribution < -0.4 is 4.74 Å². The van der Waals surface area contributed by atoms with E-state index in [0.29, 0.717) is 0 Å². The number of benzene rings is 2. The van der Waals surface area contributed by atoms with Crippen LogP contribution in [0, 0.1) is 0 Å². The van der Waals surface area contributed by atoms with E-state index in [9.17, 15) is 13.2 Å². The normalized spacial score (nSPS) is 19.2. The number of nitrogens with zero attached hydrogens (tertiary/aromatic N) is 1. The van der Waals surface area contributed by atoms with Crippen LogP contribution in [0.5, 0.6) is 5.75 Å². The molecule has 6 nitrogen and oxygen atoms in total. The van der Waals surface area contributed by atoms with Crippen molar-refractivity contribution in [3.05, 3.63) is 54.1 Å². The van der Waals surface area contributed by atoms with Crippen molar-refractivity contribution in [2.45, 2.75) is 19.0 Å². The van der Waals surface area contributed by atoms with Crippen molar-refractivity contribution in [2.75, 3.05) is 20.0 Å². The van der Waals surface area contributed by atoms with E-state index in [1.807, 2.05) is 48.5 Å². The molecule has 0 bridgehead atoms. The largest absolute Gasteiger partial charge is 0.497 e. The molecular weight excluding hydrogens is 354 g/mol. The first kappa shape index (κ1) is 18.4. The molecule has 2 aromatic carbocycles. The number of methoxy groups -OCH3 is 2. The zero-order chi connectivity index (χ0) is 18.7. The van der Waals surface area contributed by atoms with E-state index in [2.05, 4.69) is 0 Å². The first-order valence-corrected chi connectivity index (χ1v) is 9.86. The molecule has 1 atom stereocenters. The zero-order valence-corrected chi connectivity index (χ0v) is 15.5. The van der Waals surface area contributed by atoms with Crippen molar-refractivity contribution in [3.8, 4) is 16.9 Å². The van der Waals surface area contributed by atoms with Crippen molar-refractivity contribution < 1.29 is 22.7 Å². The van der Waals surface area contributed by atoms with Gasteiger partial charge in [0.1, 0.15) is 11.8 Å². The maximum atomic E-state index is 12.3. The summed E-state index contributed by atoms with van der Waals surface area (Å²) in [4.78, 5) is 11.9. The van der Waals surface area contributed by atoms with Crippen LogP contribution >= 0.6 is 0 Å². The summed E-state index contributed by atoms with van der Waals surface area (Å²) in [5, 5.41) is 0. The van der Waals surface area contributed by atoms with E-state index < -0.39 is 22.0 Å². The highest BCUT2D eigenvalue weighted by atomic mass is 32.2. The van der Waals surface area contributed by atoms with E-state index >= 15 is 0 Å². The molecule has 0 N–H and O–H groups in total. The topological polar surface area (TPSA) is 72.9 Å². The second kappa shape index (κ2) is 7.47. The average molecular weight is 375 g/mol. The lowest BCUT2D eigenvalue weighted by Gasteiger charge is -2.21. The van der Waals surface area contributed by atoms with Gasteiger partial charge in [0.2, 0.25) is 10.0 Å². The molecule has 1 fully saturated rings. The number of carbonyl (C=O) groups is 1. The van der Waals surface area contributed by atoms with Gasteiger partial charge in [-0.05, 0) is 35.2 Å². The molecule has 7 heteroatoms. The fourth-order valence-corrected chi connectivity index (χ4v) is 4.74. The highest BCUT2D eigenvalue weighted by Crippen LogP contribution is 2.27. The summed E-state index contributed by atoms with van der Waals surface area (Å²) < 4.78 is 35.6. The van der Waals surface area contributed by atoms with Gasteiger partial charge < -0.3 is 9.47 Å². The van der Waals surface area contributed by atoms with Gasteiger partial charge in [-0.3, -0.25) is 4.79 Å². The van der Waals surface area contributed by atoms with Crippen LogP contribution in [0.3, 0.4) is 0 Å². The van der Waals surface area contributed by atoms with Crippen molar-refractivity contribution in [3.63, 3.8) is 0 Å². The predicted octanol–water partition coefficient (Wildman–Crippen LogP) is 2.44. The van der Waals surface area contributed by atoms with Crippen LogP contribution in [-0.4, -0.2) is 44.7 Å². The monoisotopic (exact) mass is 375 g/mol. The number of sulfonamides is 1. The summed E-state index contributed by atoms with van der Waals surface area (Å²) in [5.41, 5.74) is 2.88. The lowest BCUT2D eigenvalue weighted by Crippen LogP contribution is -2.38. The first-order valence-electron chi connectivity index (χ1n) is 8.25. The van der Waals surface area contributed by atoms with Gasteiger partial charge in [0.25, 0.3) is 0 Å². The van der Waals surface area contributed by atoms with Crippen molar-refractivity contribution in [1.29, 1.82) is 0 Å². The van der Waals surface area contributed by atoms with E-state index in [-0.39, 0.29) is 18.7 Å². The van der Waals surface area contributed by atoms with Gasteiger partial charge in [0, 0.05) is 6.54 Å². The molecule has 1 unspecified atom stereocenters. The third-order valence-electron chi connectivity index (χ3n) is 4.54. The summed E-state index contributed by atoms with van der Waals surface area (Å²) in [6.45, 7) is 0.158. The molecule has 1 aliphatic rings. The highest BCUT2D eigenvalue weighted by molar-refractivity contribution is 7.89. The fraction of sp³-hybridized carbons (Fsp3) is 0.316. The number of ether oxygens (including phenoxy) is 2. The summed E-state index contributed by atoms with van der Waals surface area (Å²) in [7, 11) is -0.545. The van der Waals surface area contributed by atoms with Gasteiger partial charge >= 0.3 is 5.97 Å². The van der Waals surface area contributed by atoms with Crippen LogP contribution in [0.1, 0.15) is 12.0 Å². The minimum Gasteiger partial charge on any atom is -0.497 e. The minimum atomic E-state index is -3.44. The number of hydrogen-bond acceptors (Lipinski definition) is 5. The Kier molecular flexibility index (Phi) is 5.29. The third-order valence-corrected chi connectivity index (χ3v) is 6.39. The van der Waals surface area contributed by atoms with Gasteiger partial charge in [-0.2, -0.15) is 4.31 Å². The lowest BCUT2D eigenvalue weighted by atomic mass is 10.0. The van der Waals surface area contributed by atoms with Gasteiger partial charge in [0.05, 0.1) is 20.0 Å². The molecule has 1 aliphatic heterocycles. The standard InChI is InChI=1S/C19H21NO5S/c1-24-17-9-7-16(8-10-17)15-5-3-14(4-6-15)13-20-18(19(21)25-2)11-12-26(20,22)23/h3-10,18H,11-13H2,1-2H3. The van der Waals surface area contributed by atoms with E-state index in [0.717, 1.165) is 22.4 Å². The summed E-state index contributed by atoms with van der Waals surface area (Å²) >= 11 is 0. The van der Waals surface area contributed by atoms with Crippen molar-refractivity contribution in [1.82, 2.24) is 4.31 Å². The first-order chi connectivity index (χ1) is 12.4. The van der Waals surface area contributed by atoms with Gasteiger partial charge in [-0.25, -0.2) is 8.42 Å². The number of esters is 1. The quantitative estimate of drug-likeness (QED) is 0.751. The molecule has 0 radical (unpaired) electrons. The lowest BCUT2D eigenvalue weighted by molar-refractivity contribution is -0.144. The van der Waals surface area contributed by atoms with Gasteiger partial charge in [-0.15, -0.1) is 0 Å². The minimum absolute atomic E-state index is 0.0311. The van der Waals surface area contributed by atoms with E-state index in [1.54, 1.807) is 7.11 Å². The van der Waals surface area contributed by atoms with Crippen LogP contribution in [0.2, 0.25) is 0 Å². The fourth-order valence-electron chi connectivity index (χ4n) is 3.06. The molecular formula is C19H21NO5S. The molecule has 0 saturated carbocycles. The van der Waals surface area contributed by atoms with Crippen molar-refractivity contribution >= 4 is 16.0 Å². The number of carbonyl (C=O) groups excluding carboxylic acids is 1. The maximum Gasteiger partial charge on any atom is 0.324 e. The third kappa shape index (κ3) is 3.73. The van der Waals surface area contributed by atoms with E-state index in [4.69, 9.17) is 9.47 Å². The Bertz CT molecular complexity index is 875. The van der Waals surface area contributed by atoms with Crippen LogP contribution in [-0.2, 0) is 26.1 Å². The van der Waals surface area contributed by atoms with E-state index in [1.165, 1.54) is 11.4 Å². The second-order valence-corrected chi connectivity index (χ2v) is 8.16. The Morgan fingerprint density at radius 3 is 2.15 bits per heavy atom. The summed E-state index contributed by atoms with van der Waals surface area (Å²) in [5.74, 6) is 0.246. The Balaban J connectivity index is 1.78. The molecule has 1 heterocycles. The van der Waals surface area contributed by atoms with Crippen molar-refractivity contribution in [2.24, 2.45) is 0 Å². The maximum absolute atomic E-state index is 12.3. The van der Waals surface area contributed by atoms with Gasteiger partial charge in [0.15, 0.2) is 0 Å². The molecule has 26 heavy (non-hydrogen) atoms.